The molecule has 1 aromatic heterocycles. The summed E-state index contributed by atoms with van der Waals surface area (Å²) in [7, 11) is -1.15. The minimum atomic E-state index is -4.65. The molecule has 0 radical (unpaired) electrons. The van der Waals surface area contributed by atoms with Gasteiger partial charge in [-0.1, -0.05) is 24.4 Å². The third-order valence-electron chi connectivity index (χ3n) is 7.43. The molecule has 0 amide bonds. The van der Waals surface area contributed by atoms with Crippen LogP contribution in [-0.4, -0.2) is 80.0 Å². The first-order valence-corrected chi connectivity index (χ1v) is 14.7. The Hall–Kier alpha value is -2.39. The zero-order chi connectivity index (χ0) is 28.9. The van der Waals surface area contributed by atoms with Crippen LogP contribution in [0.3, 0.4) is 0 Å². The van der Waals surface area contributed by atoms with Crippen molar-refractivity contribution in [3.8, 4) is 5.75 Å². The maximum atomic E-state index is 12.8. The van der Waals surface area contributed by atoms with E-state index in [1.807, 2.05) is 12.1 Å². The van der Waals surface area contributed by atoms with E-state index in [0.717, 1.165) is 36.8 Å². The standard InChI is InChI=1S/C25H34ClF3N6O4S/c1-39-21-11-16-7-9-35(14-22(36)25(27,28)29)8-6-15(16)10-20(21)33-24-30-13-18(26)23(34-24)32-19-5-3-2-4-17(19)12-31-40(37)38/h10-11,13,17,19,22,36,40H,2-9,12,14H2,1H3,(H,31,37,38)(H2,30,32,33,34)/t17-,19-,22+/m1/s1. The lowest BCUT2D eigenvalue weighted by Crippen LogP contribution is -2.41. The van der Waals surface area contributed by atoms with Crippen molar-refractivity contribution < 1.29 is 31.4 Å². The number of thiol groups is 1. The van der Waals surface area contributed by atoms with Crippen LogP contribution in [0.1, 0.15) is 36.8 Å². The number of β-amino-alcohol motifs (C(OH)–C–C–N with tert-alkyl or cyclic N) is 1. The maximum Gasteiger partial charge on any atom is 0.415 e. The predicted octanol–water partition coefficient (Wildman–Crippen LogP) is 3.29. The number of hydrogen-bond acceptors (Lipinski definition) is 9. The third-order valence-corrected chi connectivity index (χ3v) is 8.15. The van der Waals surface area contributed by atoms with Gasteiger partial charge in [0.05, 0.1) is 19.0 Å². The maximum absolute atomic E-state index is 12.8. The van der Waals surface area contributed by atoms with Gasteiger partial charge in [-0.2, -0.15) is 18.2 Å². The molecule has 10 nitrogen and oxygen atoms in total. The summed E-state index contributed by atoms with van der Waals surface area (Å²) in [6.45, 7) is 0.619. The molecule has 0 saturated heterocycles. The van der Waals surface area contributed by atoms with E-state index in [1.54, 1.807) is 4.90 Å². The summed E-state index contributed by atoms with van der Waals surface area (Å²) < 4.78 is 68.7. The summed E-state index contributed by atoms with van der Waals surface area (Å²) in [6.07, 6.45) is -0.808. The number of aromatic nitrogens is 2. The number of nitrogens with one attached hydrogen (secondary N) is 3. The van der Waals surface area contributed by atoms with Crippen molar-refractivity contribution in [1.82, 2.24) is 19.6 Å². The molecule has 1 fully saturated rings. The normalized spacial score (nSPS) is 21.0. The topological polar surface area (TPSA) is 129 Å². The molecule has 15 heteroatoms. The van der Waals surface area contributed by atoms with Crippen LogP contribution < -0.4 is 20.1 Å². The number of rotatable bonds is 10. The Kier molecular flexibility index (Phi) is 10.3. The van der Waals surface area contributed by atoms with E-state index in [2.05, 4.69) is 25.3 Å². The van der Waals surface area contributed by atoms with E-state index in [1.165, 1.54) is 13.3 Å². The number of methoxy groups -OCH3 is 1. The SMILES string of the molecule is COc1cc2c(cc1Nc1ncc(Cl)c(N[C@@H]3CCCC[C@@H]3CN[SH](=O)=O)n1)CCN(C[C@H](O)C(F)(F)F)CC2. The number of anilines is 3. The van der Waals surface area contributed by atoms with Crippen LogP contribution in [0.2, 0.25) is 5.02 Å². The number of halogens is 4. The Balaban J connectivity index is 1.48. The van der Waals surface area contributed by atoms with Gasteiger partial charge in [-0.25, -0.2) is 18.1 Å². The van der Waals surface area contributed by atoms with E-state index in [0.29, 0.717) is 54.8 Å². The van der Waals surface area contributed by atoms with E-state index >= 15 is 0 Å². The van der Waals surface area contributed by atoms with E-state index in [-0.39, 0.29) is 17.9 Å². The molecule has 2 heterocycles. The zero-order valence-electron chi connectivity index (χ0n) is 22.0. The van der Waals surface area contributed by atoms with Crippen LogP contribution >= 0.6 is 11.6 Å². The lowest BCUT2D eigenvalue weighted by Gasteiger charge is -2.32. The van der Waals surface area contributed by atoms with Crippen molar-refractivity contribution >= 4 is 39.9 Å². The second-order valence-corrected chi connectivity index (χ2v) is 11.3. The lowest BCUT2D eigenvalue weighted by molar-refractivity contribution is -0.208. The molecule has 4 N–H and O–H groups in total. The number of hydrogen-bond donors (Lipinski definition) is 5. The van der Waals surface area contributed by atoms with Crippen molar-refractivity contribution in [2.75, 3.05) is 43.9 Å². The summed E-state index contributed by atoms with van der Waals surface area (Å²) >= 11 is 6.40. The van der Waals surface area contributed by atoms with Crippen molar-refractivity contribution in [2.24, 2.45) is 5.92 Å². The van der Waals surface area contributed by atoms with E-state index in [9.17, 15) is 26.7 Å². The molecule has 1 aliphatic heterocycles. The summed E-state index contributed by atoms with van der Waals surface area (Å²) in [5, 5.41) is 16.4. The fourth-order valence-electron chi connectivity index (χ4n) is 5.26. The summed E-state index contributed by atoms with van der Waals surface area (Å²) in [4.78, 5) is 10.5. The number of aliphatic hydroxyl groups excluding tert-OH is 1. The fourth-order valence-corrected chi connectivity index (χ4v) is 5.79. The quantitative estimate of drug-likeness (QED) is 0.259. The third kappa shape index (κ3) is 8.09. The predicted molar refractivity (Wildman–Crippen MR) is 147 cm³/mol. The first kappa shape index (κ1) is 30.6. The molecule has 40 heavy (non-hydrogen) atoms. The fraction of sp³-hybridized carbons (Fsp3) is 0.600. The molecule has 1 saturated carbocycles. The second kappa shape index (κ2) is 13.5. The van der Waals surface area contributed by atoms with Crippen molar-refractivity contribution in [3.63, 3.8) is 0 Å². The molecule has 0 spiro atoms. The van der Waals surface area contributed by atoms with Gasteiger partial charge in [-0.3, -0.25) is 4.90 Å². The molecule has 1 aromatic carbocycles. The Labute approximate surface area is 237 Å². The molecule has 4 rings (SSSR count). The van der Waals surface area contributed by atoms with Crippen LogP contribution in [0, 0.1) is 5.92 Å². The first-order valence-electron chi connectivity index (χ1n) is 13.1. The van der Waals surface area contributed by atoms with Gasteiger partial charge < -0.3 is 20.5 Å². The molecule has 222 valence electrons. The van der Waals surface area contributed by atoms with Crippen molar-refractivity contribution in [2.45, 2.75) is 56.8 Å². The molecule has 1 aliphatic carbocycles. The highest BCUT2D eigenvalue weighted by Gasteiger charge is 2.39. The number of benzene rings is 1. The summed E-state index contributed by atoms with van der Waals surface area (Å²) in [5.74, 6) is 1.31. The first-order chi connectivity index (χ1) is 19.0. The second-order valence-electron chi connectivity index (χ2n) is 10.1. The summed E-state index contributed by atoms with van der Waals surface area (Å²) in [5.41, 5.74) is 2.51. The highest BCUT2D eigenvalue weighted by Crippen LogP contribution is 2.34. The smallest absolute Gasteiger partial charge is 0.415 e. The van der Waals surface area contributed by atoms with Crippen LogP contribution in [-0.2, 0) is 23.7 Å². The van der Waals surface area contributed by atoms with Crippen molar-refractivity contribution in [1.29, 1.82) is 0 Å². The average molecular weight is 607 g/mol. The van der Waals surface area contributed by atoms with Crippen LogP contribution in [0.4, 0.5) is 30.6 Å². The molecule has 2 aromatic rings. The number of nitrogens with zero attached hydrogens (tertiary/aromatic N) is 3. The average Bonchev–Trinajstić information content (AvgIpc) is 3.10. The largest absolute Gasteiger partial charge is 0.495 e. The minimum Gasteiger partial charge on any atom is -0.495 e. The molecule has 0 unspecified atom stereocenters. The molecular weight excluding hydrogens is 573 g/mol. The Morgan fingerprint density at radius 2 is 1.90 bits per heavy atom. The van der Waals surface area contributed by atoms with Gasteiger partial charge in [0.15, 0.2) is 11.9 Å². The number of ether oxygens (including phenoxy) is 1. The van der Waals surface area contributed by atoms with Crippen LogP contribution in [0.15, 0.2) is 18.3 Å². The monoisotopic (exact) mass is 606 g/mol. The van der Waals surface area contributed by atoms with Gasteiger partial charge in [-0.05, 0) is 54.9 Å². The molecule has 0 bridgehead atoms. The van der Waals surface area contributed by atoms with Crippen molar-refractivity contribution in [3.05, 3.63) is 34.5 Å². The Morgan fingerprint density at radius 3 is 2.58 bits per heavy atom. The highest BCUT2D eigenvalue weighted by molar-refractivity contribution is 7.70. The number of aliphatic hydroxyl groups is 1. The van der Waals surface area contributed by atoms with Crippen LogP contribution in [0.5, 0.6) is 5.75 Å². The van der Waals surface area contributed by atoms with Gasteiger partial charge in [0.25, 0.3) is 0 Å². The van der Waals surface area contributed by atoms with Gasteiger partial charge in [-0.15, -0.1) is 0 Å². The molecular formula is C25H34ClF3N6O4S. The van der Waals surface area contributed by atoms with E-state index < -0.39 is 29.7 Å². The molecule has 3 atom stereocenters. The van der Waals surface area contributed by atoms with Crippen LogP contribution in [0.25, 0.3) is 0 Å². The zero-order valence-corrected chi connectivity index (χ0v) is 23.7. The number of fused-ring (bicyclic) bond motifs is 1. The highest BCUT2D eigenvalue weighted by atomic mass is 35.5. The lowest BCUT2D eigenvalue weighted by atomic mass is 9.84. The Bertz CT molecular complexity index is 1240. The molecule has 2 aliphatic rings. The van der Waals surface area contributed by atoms with Gasteiger partial charge >= 0.3 is 6.18 Å². The summed E-state index contributed by atoms with van der Waals surface area (Å²) in [6, 6.07) is 3.73. The van der Waals surface area contributed by atoms with Gasteiger partial charge in [0, 0.05) is 32.2 Å². The Morgan fingerprint density at radius 1 is 1.20 bits per heavy atom. The number of alkyl halides is 3. The van der Waals surface area contributed by atoms with E-state index in [4.69, 9.17) is 16.3 Å². The van der Waals surface area contributed by atoms with Gasteiger partial charge in [0.1, 0.15) is 10.8 Å². The van der Waals surface area contributed by atoms with Gasteiger partial charge in [0.2, 0.25) is 16.8 Å². The minimum absolute atomic E-state index is 0.0164.